The zero-order valence-corrected chi connectivity index (χ0v) is 14.3. The summed E-state index contributed by atoms with van der Waals surface area (Å²) in [5.74, 6) is -0.393. The second-order valence-electron chi connectivity index (χ2n) is 5.30. The molecule has 2 aromatic rings. The van der Waals surface area contributed by atoms with E-state index in [1.807, 2.05) is 6.07 Å². The van der Waals surface area contributed by atoms with Crippen molar-refractivity contribution >= 4 is 40.9 Å². The van der Waals surface area contributed by atoms with Gasteiger partial charge in [-0.15, -0.1) is 11.8 Å². The molecular formula is C18H16N2O4S. The molecule has 0 atom stereocenters. The van der Waals surface area contributed by atoms with E-state index in [1.165, 1.54) is 11.8 Å². The number of benzene rings is 2. The van der Waals surface area contributed by atoms with Gasteiger partial charge in [0.25, 0.3) is 5.91 Å². The monoisotopic (exact) mass is 356 g/mol. The molecule has 128 valence electrons. The Morgan fingerprint density at radius 2 is 1.88 bits per heavy atom. The Bertz CT molecular complexity index is 833. The van der Waals surface area contributed by atoms with Gasteiger partial charge >= 0.3 is 5.97 Å². The molecule has 0 aliphatic carbocycles. The van der Waals surface area contributed by atoms with E-state index < -0.39 is 5.97 Å². The lowest BCUT2D eigenvalue weighted by Gasteiger charge is -2.17. The third-order valence-corrected chi connectivity index (χ3v) is 4.60. The number of carbonyl (C=O) groups is 3. The van der Waals surface area contributed by atoms with Crippen LogP contribution in [0.5, 0.6) is 0 Å². The van der Waals surface area contributed by atoms with Gasteiger partial charge in [-0.3, -0.25) is 9.59 Å². The Balaban J connectivity index is 1.71. The van der Waals surface area contributed by atoms with E-state index in [4.69, 9.17) is 4.74 Å². The molecular weight excluding hydrogens is 340 g/mol. The third-order valence-electron chi connectivity index (χ3n) is 3.53. The van der Waals surface area contributed by atoms with Crippen molar-refractivity contribution in [3.63, 3.8) is 0 Å². The molecule has 0 saturated heterocycles. The maximum absolute atomic E-state index is 12.4. The molecule has 0 bridgehead atoms. The molecule has 2 aromatic carbocycles. The fourth-order valence-corrected chi connectivity index (χ4v) is 3.12. The second-order valence-corrected chi connectivity index (χ2v) is 6.32. The quantitative estimate of drug-likeness (QED) is 0.822. The van der Waals surface area contributed by atoms with Gasteiger partial charge in [0.05, 0.1) is 23.6 Å². The van der Waals surface area contributed by atoms with E-state index >= 15 is 0 Å². The van der Waals surface area contributed by atoms with Crippen LogP contribution in [0.4, 0.5) is 11.4 Å². The average Bonchev–Trinajstić information content (AvgIpc) is 2.61. The molecule has 1 heterocycles. The number of hydrogen-bond donors (Lipinski definition) is 2. The topological polar surface area (TPSA) is 84.5 Å². The summed E-state index contributed by atoms with van der Waals surface area (Å²) < 4.78 is 4.92. The number of carbonyl (C=O) groups excluding carboxylic acids is 3. The molecule has 6 nitrogen and oxygen atoms in total. The van der Waals surface area contributed by atoms with Gasteiger partial charge in [0, 0.05) is 16.1 Å². The number of ether oxygens (including phenoxy) is 1. The first-order valence-corrected chi connectivity index (χ1v) is 8.70. The number of hydrogen-bond acceptors (Lipinski definition) is 5. The van der Waals surface area contributed by atoms with Crippen LogP contribution >= 0.6 is 11.8 Å². The molecule has 25 heavy (non-hydrogen) atoms. The fraction of sp³-hybridized carbons (Fsp3) is 0.167. The van der Waals surface area contributed by atoms with Crippen molar-refractivity contribution < 1.29 is 19.1 Å². The van der Waals surface area contributed by atoms with Gasteiger partial charge in [-0.2, -0.15) is 0 Å². The van der Waals surface area contributed by atoms with E-state index in [9.17, 15) is 14.4 Å². The zero-order chi connectivity index (χ0) is 17.8. The molecule has 0 radical (unpaired) electrons. The number of esters is 1. The summed E-state index contributed by atoms with van der Waals surface area (Å²) in [5, 5.41) is 5.52. The normalized spacial score (nSPS) is 12.8. The van der Waals surface area contributed by atoms with E-state index in [1.54, 1.807) is 43.3 Å². The van der Waals surface area contributed by atoms with Crippen LogP contribution in [0.3, 0.4) is 0 Å². The molecule has 1 aliphatic heterocycles. The van der Waals surface area contributed by atoms with Crippen molar-refractivity contribution in [2.24, 2.45) is 0 Å². The highest BCUT2D eigenvalue weighted by Gasteiger charge is 2.17. The van der Waals surface area contributed by atoms with Crippen molar-refractivity contribution in [2.45, 2.75) is 11.8 Å². The number of anilines is 2. The maximum Gasteiger partial charge on any atom is 0.338 e. The summed E-state index contributed by atoms with van der Waals surface area (Å²) >= 11 is 1.44. The minimum Gasteiger partial charge on any atom is -0.462 e. The van der Waals surface area contributed by atoms with Gasteiger partial charge in [-0.1, -0.05) is 0 Å². The Morgan fingerprint density at radius 3 is 2.60 bits per heavy atom. The summed E-state index contributed by atoms with van der Waals surface area (Å²) in [6.07, 6.45) is 0. The molecule has 0 saturated carbocycles. The van der Waals surface area contributed by atoms with Crippen LogP contribution in [-0.2, 0) is 9.53 Å². The first-order valence-electron chi connectivity index (χ1n) is 7.72. The standard InChI is InChI=1S/C18H16N2O4S/c1-2-24-18(23)11-3-6-13(7-4-11)19-17(22)12-5-8-15-14(9-12)20-16(21)10-25-15/h3-9H,2,10H2,1H3,(H,19,22)(H,20,21). The van der Waals surface area contributed by atoms with Crippen molar-refractivity contribution in [3.8, 4) is 0 Å². The largest absolute Gasteiger partial charge is 0.462 e. The van der Waals surface area contributed by atoms with Crippen LogP contribution in [0.25, 0.3) is 0 Å². The number of amides is 2. The highest BCUT2D eigenvalue weighted by atomic mass is 32.2. The van der Waals surface area contributed by atoms with Crippen molar-refractivity contribution in [3.05, 3.63) is 53.6 Å². The van der Waals surface area contributed by atoms with E-state index in [2.05, 4.69) is 10.6 Å². The number of fused-ring (bicyclic) bond motifs is 1. The Morgan fingerprint density at radius 1 is 1.16 bits per heavy atom. The predicted molar refractivity (Wildman–Crippen MR) is 96.1 cm³/mol. The lowest BCUT2D eigenvalue weighted by molar-refractivity contribution is -0.113. The molecule has 0 aromatic heterocycles. The minimum absolute atomic E-state index is 0.0791. The summed E-state index contributed by atoms with van der Waals surface area (Å²) in [4.78, 5) is 36.4. The first-order chi connectivity index (χ1) is 12.1. The van der Waals surface area contributed by atoms with Crippen LogP contribution in [0, 0.1) is 0 Å². The second kappa shape index (κ2) is 7.40. The molecule has 3 rings (SSSR count). The highest BCUT2D eigenvalue weighted by molar-refractivity contribution is 8.00. The molecule has 1 aliphatic rings. The summed E-state index contributed by atoms with van der Waals surface area (Å²) in [7, 11) is 0. The average molecular weight is 356 g/mol. The third kappa shape index (κ3) is 4.00. The van der Waals surface area contributed by atoms with Crippen LogP contribution in [0.2, 0.25) is 0 Å². The Hall–Kier alpha value is -2.80. The fourth-order valence-electron chi connectivity index (χ4n) is 2.33. The Kier molecular flexibility index (Phi) is 5.04. The van der Waals surface area contributed by atoms with Crippen LogP contribution in [-0.4, -0.2) is 30.1 Å². The van der Waals surface area contributed by atoms with E-state index in [-0.39, 0.29) is 11.8 Å². The van der Waals surface area contributed by atoms with Crippen molar-refractivity contribution in [2.75, 3.05) is 23.0 Å². The van der Waals surface area contributed by atoms with Gasteiger partial charge < -0.3 is 15.4 Å². The molecule has 7 heteroatoms. The van der Waals surface area contributed by atoms with Gasteiger partial charge in [0.1, 0.15) is 0 Å². The van der Waals surface area contributed by atoms with E-state index in [0.717, 1.165) is 4.90 Å². The van der Waals surface area contributed by atoms with E-state index in [0.29, 0.717) is 34.9 Å². The smallest absolute Gasteiger partial charge is 0.338 e. The molecule has 2 amide bonds. The van der Waals surface area contributed by atoms with Crippen molar-refractivity contribution in [1.29, 1.82) is 0 Å². The zero-order valence-electron chi connectivity index (χ0n) is 13.5. The lowest BCUT2D eigenvalue weighted by Crippen LogP contribution is -2.19. The van der Waals surface area contributed by atoms with Gasteiger partial charge in [-0.05, 0) is 49.4 Å². The number of nitrogens with one attached hydrogen (secondary N) is 2. The highest BCUT2D eigenvalue weighted by Crippen LogP contribution is 2.32. The lowest BCUT2D eigenvalue weighted by atomic mass is 10.1. The molecule has 2 N–H and O–H groups in total. The van der Waals surface area contributed by atoms with Crippen LogP contribution in [0.1, 0.15) is 27.6 Å². The number of thioether (sulfide) groups is 1. The minimum atomic E-state index is -0.400. The maximum atomic E-state index is 12.4. The van der Waals surface area contributed by atoms with Crippen LogP contribution in [0.15, 0.2) is 47.4 Å². The summed E-state index contributed by atoms with van der Waals surface area (Å²) in [6.45, 7) is 2.05. The SMILES string of the molecule is CCOC(=O)c1ccc(NC(=O)c2ccc3c(c2)NC(=O)CS3)cc1. The number of rotatable bonds is 4. The summed E-state index contributed by atoms with van der Waals surface area (Å²) in [6, 6.07) is 11.7. The Labute approximate surface area is 148 Å². The van der Waals surface area contributed by atoms with Gasteiger partial charge in [0.2, 0.25) is 5.91 Å². The summed E-state index contributed by atoms with van der Waals surface area (Å²) in [5.41, 5.74) is 2.07. The predicted octanol–water partition coefficient (Wildman–Crippen LogP) is 3.16. The first kappa shape index (κ1) is 17.0. The molecule has 0 unspecified atom stereocenters. The van der Waals surface area contributed by atoms with Gasteiger partial charge in [0.15, 0.2) is 0 Å². The van der Waals surface area contributed by atoms with Gasteiger partial charge in [-0.25, -0.2) is 4.79 Å². The van der Waals surface area contributed by atoms with Crippen LogP contribution < -0.4 is 10.6 Å². The molecule has 0 fully saturated rings. The van der Waals surface area contributed by atoms with Crippen molar-refractivity contribution in [1.82, 2.24) is 0 Å². The molecule has 0 spiro atoms.